The fourth-order valence-electron chi connectivity index (χ4n) is 1.57. The van der Waals surface area contributed by atoms with Crippen LogP contribution in [0, 0.1) is 0 Å². The number of methoxy groups -OCH3 is 1. The number of aromatic nitrogens is 2. The van der Waals surface area contributed by atoms with E-state index in [4.69, 9.17) is 16.3 Å². The van der Waals surface area contributed by atoms with Gasteiger partial charge in [0.15, 0.2) is 0 Å². The third-order valence-corrected chi connectivity index (χ3v) is 3.12. The van der Waals surface area contributed by atoms with Crippen LogP contribution >= 0.6 is 27.5 Å². The monoisotopic (exact) mass is 300 g/mol. The minimum Gasteiger partial charge on any atom is -0.496 e. The maximum atomic E-state index is 5.99. The molecule has 1 aromatic heterocycles. The Kier molecular flexibility index (Phi) is 3.21. The van der Waals surface area contributed by atoms with Gasteiger partial charge in [-0.3, -0.25) is 0 Å². The van der Waals surface area contributed by atoms with Crippen LogP contribution in [-0.2, 0) is 7.05 Å². The minimum atomic E-state index is 0.670. The Bertz CT molecular complexity index is 505. The molecule has 0 bridgehead atoms. The van der Waals surface area contributed by atoms with Gasteiger partial charge in [-0.25, -0.2) is 4.98 Å². The first kappa shape index (κ1) is 11.5. The van der Waals surface area contributed by atoms with Gasteiger partial charge in [-0.15, -0.1) is 0 Å². The van der Waals surface area contributed by atoms with Crippen molar-refractivity contribution in [2.75, 3.05) is 7.11 Å². The van der Waals surface area contributed by atoms with Crippen molar-refractivity contribution in [3.8, 4) is 17.0 Å². The average Bonchev–Trinajstić information content (AvgIpc) is 2.58. The zero-order valence-electron chi connectivity index (χ0n) is 8.87. The lowest BCUT2D eigenvalue weighted by atomic mass is 10.1. The summed E-state index contributed by atoms with van der Waals surface area (Å²) in [5, 5.41) is 0.670. The van der Waals surface area contributed by atoms with Gasteiger partial charge in [0.1, 0.15) is 10.4 Å². The Morgan fingerprint density at radius 2 is 2.19 bits per heavy atom. The molecule has 3 nitrogen and oxygen atoms in total. The lowest BCUT2D eigenvalue weighted by Crippen LogP contribution is -1.94. The van der Waals surface area contributed by atoms with Crippen LogP contribution in [0.25, 0.3) is 11.3 Å². The van der Waals surface area contributed by atoms with E-state index in [-0.39, 0.29) is 0 Å². The predicted molar refractivity (Wildman–Crippen MR) is 67.9 cm³/mol. The zero-order valence-corrected chi connectivity index (χ0v) is 11.2. The second kappa shape index (κ2) is 4.47. The van der Waals surface area contributed by atoms with Gasteiger partial charge in [0.2, 0.25) is 0 Å². The number of nitrogens with zero attached hydrogens (tertiary/aromatic N) is 2. The number of hydrogen-bond donors (Lipinski definition) is 0. The lowest BCUT2D eigenvalue weighted by Gasteiger charge is -2.09. The van der Waals surface area contributed by atoms with Gasteiger partial charge in [0.05, 0.1) is 19.1 Å². The standard InChI is InChI=1S/C11H10BrClN2O/c1-15-6-14-11(12)10(15)8-5-7(13)3-4-9(8)16-2/h3-6H,1-2H3. The molecule has 5 heteroatoms. The van der Waals surface area contributed by atoms with Crippen molar-refractivity contribution < 1.29 is 4.74 Å². The number of benzene rings is 1. The third kappa shape index (κ3) is 1.95. The molecule has 2 rings (SSSR count). The topological polar surface area (TPSA) is 27.1 Å². The molecule has 2 aromatic rings. The molecule has 1 aromatic carbocycles. The van der Waals surface area contributed by atoms with Crippen molar-refractivity contribution >= 4 is 27.5 Å². The van der Waals surface area contributed by atoms with Crippen LogP contribution in [-0.4, -0.2) is 16.7 Å². The highest BCUT2D eigenvalue weighted by Crippen LogP contribution is 2.35. The van der Waals surface area contributed by atoms with Crippen LogP contribution < -0.4 is 4.74 Å². The lowest BCUT2D eigenvalue weighted by molar-refractivity contribution is 0.416. The molecule has 0 radical (unpaired) electrons. The van der Waals surface area contributed by atoms with Crippen LogP contribution in [0.1, 0.15) is 0 Å². The van der Waals surface area contributed by atoms with Crippen LogP contribution in [0.2, 0.25) is 5.02 Å². The van der Waals surface area contributed by atoms with E-state index in [2.05, 4.69) is 20.9 Å². The second-order valence-corrected chi connectivity index (χ2v) is 4.53. The van der Waals surface area contributed by atoms with Crippen LogP contribution in [0.5, 0.6) is 5.75 Å². The smallest absolute Gasteiger partial charge is 0.132 e. The quantitative estimate of drug-likeness (QED) is 0.849. The fraction of sp³-hybridized carbons (Fsp3) is 0.182. The molecule has 0 aliphatic heterocycles. The summed E-state index contributed by atoms with van der Waals surface area (Å²) in [6, 6.07) is 5.51. The van der Waals surface area contributed by atoms with Gasteiger partial charge in [0.25, 0.3) is 0 Å². The van der Waals surface area contributed by atoms with E-state index >= 15 is 0 Å². The molecule has 0 saturated carbocycles. The maximum Gasteiger partial charge on any atom is 0.132 e. The molecule has 0 unspecified atom stereocenters. The highest BCUT2D eigenvalue weighted by atomic mass is 79.9. The summed E-state index contributed by atoms with van der Waals surface area (Å²) >= 11 is 9.41. The van der Waals surface area contributed by atoms with E-state index in [9.17, 15) is 0 Å². The van der Waals surface area contributed by atoms with Crippen molar-refractivity contribution in [1.29, 1.82) is 0 Å². The first-order chi connectivity index (χ1) is 7.63. The maximum absolute atomic E-state index is 5.99. The molecule has 0 aliphatic rings. The van der Waals surface area contributed by atoms with E-state index < -0.39 is 0 Å². The Balaban J connectivity index is 2.67. The molecule has 0 spiro atoms. The van der Waals surface area contributed by atoms with Gasteiger partial charge in [-0.05, 0) is 34.1 Å². The zero-order chi connectivity index (χ0) is 11.7. The number of rotatable bonds is 2. The SMILES string of the molecule is COc1ccc(Cl)cc1-c1c(Br)ncn1C. The molecule has 0 saturated heterocycles. The molecule has 84 valence electrons. The molecule has 0 aliphatic carbocycles. The molecule has 16 heavy (non-hydrogen) atoms. The predicted octanol–water partition coefficient (Wildman–Crippen LogP) is 3.51. The first-order valence-electron chi connectivity index (χ1n) is 4.64. The molecule has 0 amide bonds. The van der Waals surface area contributed by atoms with E-state index in [1.54, 1.807) is 19.5 Å². The Labute approximate surface area is 107 Å². The minimum absolute atomic E-state index is 0.670. The van der Waals surface area contributed by atoms with Gasteiger partial charge in [-0.1, -0.05) is 11.6 Å². The fourth-order valence-corrected chi connectivity index (χ4v) is 2.33. The summed E-state index contributed by atoms with van der Waals surface area (Å²) < 4.78 is 8.00. The summed E-state index contributed by atoms with van der Waals surface area (Å²) in [6.07, 6.45) is 1.74. The molecular weight excluding hydrogens is 291 g/mol. The van der Waals surface area contributed by atoms with E-state index in [1.165, 1.54) is 0 Å². The van der Waals surface area contributed by atoms with Crippen LogP contribution in [0.15, 0.2) is 29.1 Å². The Morgan fingerprint density at radius 3 is 2.75 bits per heavy atom. The van der Waals surface area contributed by atoms with Crippen molar-refractivity contribution in [3.05, 3.63) is 34.2 Å². The van der Waals surface area contributed by atoms with E-state index in [0.29, 0.717) is 5.02 Å². The summed E-state index contributed by atoms with van der Waals surface area (Å²) in [4.78, 5) is 4.18. The van der Waals surface area contributed by atoms with E-state index in [0.717, 1.165) is 21.6 Å². The van der Waals surface area contributed by atoms with Crippen molar-refractivity contribution in [1.82, 2.24) is 9.55 Å². The first-order valence-corrected chi connectivity index (χ1v) is 5.81. The van der Waals surface area contributed by atoms with Gasteiger partial charge in [-0.2, -0.15) is 0 Å². The van der Waals surface area contributed by atoms with Gasteiger partial charge < -0.3 is 9.30 Å². The summed E-state index contributed by atoms with van der Waals surface area (Å²) in [6.45, 7) is 0. The van der Waals surface area contributed by atoms with Gasteiger partial charge >= 0.3 is 0 Å². The Hall–Kier alpha value is -1.00. The average molecular weight is 302 g/mol. The number of ether oxygens (including phenoxy) is 1. The molecular formula is C11H10BrClN2O. The summed E-state index contributed by atoms with van der Waals surface area (Å²) in [5.74, 6) is 0.772. The number of aryl methyl sites for hydroxylation is 1. The number of imidazole rings is 1. The van der Waals surface area contributed by atoms with Crippen molar-refractivity contribution in [3.63, 3.8) is 0 Å². The Morgan fingerprint density at radius 1 is 1.44 bits per heavy atom. The molecule has 1 heterocycles. The highest BCUT2D eigenvalue weighted by molar-refractivity contribution is 9.10. The normalized spacial score (nSPS) is 10.5. The van der Waals surface area contributed by atoms with Crippen molar-refractivity contribution in [2.45, 2.75) is 0 Å². The van der Waals surface area contributed by atoms with Crippen LogP contribution in [0.4, 0.5) is 0 Å². The van der Waals surface area contributed by atoms with Gasteiger partial charge in [0, 0.05) is 17.6 Å². The second-order valence-electron chi connectivity index (χ2n) is 3.34. The van der Waals surface area contributed by atoms with Crippen molar-refractivity contribution in [2.24, 2.45) is 7.05 Å². The molecule has 0 atom stereocenters. The third-order valence-electron chi connectivity index (χ3n) is 2.31. The van der Waals surface area contributed by atoms with Crippen LogP contribution in [0.3, 0.4) is 0 Å². The number of hydrogen-bond acceptors (Lipinski definition) is 2. The molecule has 0 N–H and O–H groups in total. The highest BCUT2D eigenvalue weighted by Gasteiger charge is 2.14. The largest absolute Gasteiger partial charge is 0.496 e. The summed E-state index contributed by atoms with van der Waals surface area (Å²) in [5.41, 5.74) is 1.86. The summed E-state index contributed by atoms with van der Waals surface area (Å²) in [7, 11) is 3.56. The van der Waals surface area contributed by atoms with E-state index in [1.807, 2.05) is 23.7 Å². The molecule has 0 fully saturated rings. The number of halogens is 2.